The smallest absolute Gasteiger partial charge is 0.250 e. The number of carbonyl (C=O) groups excluding carboxylic acids is 1. The van der Waals surface area contributed by atoms with E-state index in [1.54, 1.807) is 24.3 Å². The molecule has 0 heterocycles. The van der Waals surface area contributed by atoms with Crippen LogP contribution in [-0.4, -0.2) is 32.3 Å². The second kappa shape index (κ2) is 10.2. The van der Waals surface area contributed by atoms with E-state index in [0.717, 1.165) is 30.7 Å². The van der Waals surface area contributed by atoms with E-state index in [9.17, 15) is 4.79 Å². The van der Waals surface area contributed by atoms with Gasteiger partial charge in [-0.2, -0.15) is 0 Å². The lowest BCUT2D eigenvalue weighted by Crippen LogP contribution is -2.18. The van der Waals surface area contributed by atoms with Crippen molar-refractivity contribution in [2.24, 2.45) is 5.73 Å². The highest BCUT2D eigenvalue weighted by Gasteiger charge is 2.02. The molecule has 1 amide bonds. The van der Waals surface area contributed by atoms with Crippen LogP contribution in [0.3, 0.4) is 0 Å². The van der Waals surface area contributed by atoms with Crippen LogP contribution in [0, 0.1) is 0 Å². The maximum absolute atomic E-state index is 11.6. The molecule has 0 aliphatic rings. The van der Waals surface area contributed by atoms with Gasteiger partial charge in [-0.05, 0) is 30.7 Å². The number of anilines is 1. The van der Waals surface area contributed by atoms with Gasteiger partial charge in [-0.1, -0.05) is 19.8 Å². The number of unbranched alkanes of at least 4 members (excludes halogenated alkanes) is 2. The number of amides is 1. The molecule has 5 nitrogen and oxygen atoms in total. The largest absolute Gasteiger partial charge is 0.492 e. The molecule has 0 radical (unpaired) electrons. The summed E-state index contributed by atoms with van der Waals surface area (Å²) < 4.78 is 10.7. The van der Waals surface area contributed by atoms with Crippen molar-refractivity contribution in [3.63, 3.8) is 0 Å². The Kier molecular flexibility index (Phi) is 8.42. The lowest BCUT2D eigenvalue weighted by atomic mass is 10.3. The fourth-order valence-corrected chi connectivity index (χ4v) is 1.63. The SMILES string of the molecule is CCCCCOCC(=O)Nc1ccc(OCCN)cc1. The van der Waals surface area contributed by atoms with Crippen LogP contribution < -0.4 is 15.8 Å². The van der Waals surface area contributed by atoms with E-state index >= 15 is 0 Å². The van der Waals surface area contributed by atoms with Crippen molar-refractivity contribution in [3.8, 4) is 5.75 Å². The first-order valence-corrected chi connectivity index (χ1v) is 7.06. The maximum Gasteiger partial charge on any atom is 0.250 e. The van der Waals surface area contributed by atoms with Crippen LogP contribution in [0.1, 0.15) is 26.2 Å². The monoisotopic (exact) mass is 280 g/mol. The minimum Gasteiger partial charge on any atom is -0.492 e. The summed E-state index contributed by atoms with van der Waals surface area (Å²) in [5, 5.41) is 2.77. The van der Waals surface area contributed by atoms with Gasteiger partial charge in [0.2, 0.25) is 5.91 Å². The zero-order chi connectivity index (χ0) is 14.6. The number of ether oxygens (including phenoxy) is 2. The van der Waals surface area contributed by atoms with Gasteiger partial charge in [0.05, 0.1) is 0 Å². The van der Waals surface area contributed by atoms with E-state index in [1.807, 2.05) is 0 Å². The Bertz CT molecular complexity index is 379. The van der Waals surface area contributed by atoms with Gasteiger partial charge in [0.1, 0.15) is 19.0 Å². The summed E-state index contributed by atoms with van der Waals surface area (Å²) >= 11 is 0. The molecule has 0 saturated heterocycles. The van der Waals surface area contributed by atoms with Gasteiger partial charge in [-0.15, -0.1) is 0 Å². The lowest BCUT2D eigenvalue weighted by Gasteiger charge is -2.08. The topological polar surface area (TPSA) is 73.6 Å². The van der Waals surface area contributed by atoms with Gasteiger partial charge < -0.3 is 20.5 Å². The fraction of sp³-hybridized carbons (Fsp3) is 0.533. The number of nitrogens with two attached hydrogens (primary N) is 1. The summed E-state index contributed by atoms with van der Waals surface area (Å²) in [6.07, 6.45) is 3.27. The average molecular weight is 280 g/mol. The number of carbonyl (C=O) groups is 1. The van der Waals surface area contributed by atoms with Crippen LogP contribution in [0.5, 0.6) is 5.75 Å². The van der Waals surface area contributed by atoms with Crippen LogP contribution in [0.25, 0.3) is 0 Å². The average Bonchev–Trinajstić information content (AvgIpc) is 2.46. The van der Waals surface area contributed by atoms with Gasteiger partial charge in [0.15, 0.2) is 0 Å². The van der Waals surface area contributed by atoms with Crippen molar-refractivity contribution in [1.29, 1.82) is 0 Å². The lowest BCUT2D eigenvalue weighted by molar-refractivity contribution is -0.120. The van der Waals surface area contributed by atoms with Gasteiger partial charge in [0.25, 0.3) is 0 Å². The molecular weight excluding hydrogens is 256 g/mol. The molecule has 5 heteroatoms. The molecule has 20 heavy (non-hydrogen) atoms. The molecule has 1 rings (SSSR count). The van der Waals surface area contributed by atoms with Gasteiger partial charge in [0, 0.05) is 18.8 Å². The molecule has 1 aromatic carbocycles. The van der Waals surface area contributed by atoms with Crippen LogP contribution in [0.4, 0.5) is 5.69 Å². The van der Waals surface area contributed by atoms with E-state index in [-0.39, 0.29) is 12.5 Å². The van der Waals surface area contributed by atoms with Crippen LogP contribution in [0.2, 0.25) is 0 Å². The zero-order valence-electron chi connectivity index (χ0n) is 12.1. The number of hydrogen-bond donors (Lipinski definition) is 2. The number of rotatable bonds is 10. The Morgan fingerprint density at radius 3 is 2.60 bits per heavy atom. The van der Waals surface area contributed by atoms with E-state index in [0.29, 0.717) is 19.8 Å². The van der Waals surface area contributed by atoms with Crippen molar-refractivity contribution in [1.82, 2.24) is 0 Å². The van der Waals surface area contributed by atoms with Gasteiger partial charge in [-0.25, -0.2) is 0 Å². The standard InChI is InChI=1S/C15H24N2O3/c1-2-3-4-10-19-12-15(18)17-13-5-7-14(8-6-13)20-11-9-16/h5-8H,2-4,9-12,16H2,1H3,(H,17,18). The molecule has 0 atom stereocenters. The van der Waals surface area contributed by atoms with E-state index < -0.39 is 0 Å². The Hall–Kier alpha value is -1.59. The first-order valence-electron chi connectivity index (χ1n) is 7.06. The molecule has 1 aromatic rings. The Morgan fingerprint density at radius 2 is 1.95 bits per heavy atom. The Balaban J connectivity index is 2.24. The molecule has 0 fully saturated rings. The van der Waals surface area contributed by atoms with Crippen molar-refractivity contribution >= 4 is 11.6 Å². The summed E-state index contributed by atoms with van der Waals surface area (Å²) in [4.78, 5) is 11.6. The zero-order valence-corrected chi connectivity index (χ0v) is 12.1. The predicted molar refractivity (Wildman–Crippen MR) is 80.0 cm³/mol. The number of hydrogen-bond acceptors (Lipinski definition) is 4. The minimum atomic E-state index is -0.142. The Morgan fingerprint density at radius 1 is 1.20 bits per heavy atom. The quantitative estimate of drug-likeness (QED) is 0.644. The molecule has 0 bridgehead atoms. The summed E-state index contributed by atoms with van der Waals surface area (Å²) in [7, 11) is 0. The number of benzene rings is 1. The molecule has 0 unspecified atom stereocenters. The van der Waals surface area contributed by atoms with Crippen molar-refractivity contribution in [2.75, 3.05) is 31.7 Å². The molecule has 0 aromatic heterocycles. The van der Waals surface area contributed by atoms with Crippen LogP contribution >= 0.6 is 0 Å². The first-order chi connectivity index (χ1) is 9.76. The van der Waals surface area contributed by atoms with Crippen molar-refractivity contribution < 1.29 is 14.3 Å². The summed E-state index contributed by atoms with van der Waals surface area (Å²) in [5.41, 5.74) is 6.08. The van der Waals surface area contributed by atoms with Crippen molar-refractivity contribution in [2.45, 2.75) is 26.2 Å². The van der Waals surface area contributed by atoms with Gasteiger partial charge in [-0.3, -0.25) is 4.79 Å². The molecule has 0 saturated carbocycles. The molecule has 3 N–H and O–H groups in total. The highest BCUT2D eigenvalue weighted by Crippen LogP contribution is 2.15. The third-order valence-electron chi connectivity index (χ3n) is 2.65. The van der Waals surface area contributed by atoms with Crippen molar-refractivity contribution in [3.05, 3.63) is 24.3 Å². The fourth-order valence-electron chi connectivity index (χ4n) is 1.63. The molecular formula is C15H24N2O3. The van der Waals surface area contributed by atoms with Crippen LogP contribution in [-0.2, 0) is 9.53 Å². The van der Waals surface area contributed by atoms with E-state index in [4.69, 9.17) is 15.2 Å². The van der Waals surface area contributed by atoms with E-state index in [1.165, 1.54) is 0 Å². The maximum atomic E-state index is 11.6. The Labute approximate surface area is 120 Å². The second-order valence-corrected chi connectivity index (χ2v) is 4.47. The highest BCUT2D eigenvalue weighted by molar-refractivity contribution is 5.91. The summed E-state index contributed by atoms with van der Waals surface area (Å²) in [6.45, 7) is 3.82. The third kappa shape index (κ3) is 7.11. The molecule has 0 aliphatic carbocycles. The number of nitrogens with one attached hydrogen (secondary N) is 1. The normalized spacial score (nSPS) is 10.3. The highest BCUT2D eigenvalue weighted by atomic mass is 16.5. The molecule has 0 spiro atoms. The van der Waals surface area contributed by atoms with Gasteiger partial charge >= 0.3 is 0 Å². The van der Waals surface area contributed by atoms with E-state index in [2.05, 4.69) is 12.2 Å². The molecule has 112 valence electrons. The second-order valence-electron chi connectivity index (χ2n) is 4.47. The predicted octanol–water partition coefficient (Wildman–Crippen LogP) is 2.17. The third-order valence-corrected chi connectivity index (χ3v) is 2.65. The summed E-state index contributed by atoms with van der Waals surface area (Å²) in [6, 6.07) is 7.18. The molecule has 0 aliphatic heterocycles. The minimum absolute atomic E-state index is 0.0924. The van der Waals surface area contributed by atoms with Crippen LogP contribution in [0.15, 0.2) is 24.3 Å². The summed E-state index contributed by atoms with van der Waals surface area (Å²) in [5.74, 6) is 0.599. The first kappa shape index (κ1) is 16.5.